The minimum atomic E-state index is -7.12. The third kappa shape index (κ3) is 1.23. The van der Waals surface area contributed by atoms with Gasteiger partial charge in [-0.2, -0.15) is 43.9 Å². The number of hydrogen-bond donors (Lipinski definition) is 0. The molecule has 0 aliphatic heterocycles. The van der Waals surface area contributed by atoms with Crippen molar-refractivity contribution in [1.29, 1.82) is 0 Å². The van der Waals surface area contributed by atoms with Gasteiger partial charge in [-0.15, -0.1) is 0 Å². The van der Waals surface area contributed by atoms with Gasteiger partial charge in [-0.05, 0) is 22.6 Å². The predicted molar refractivity (Wildman–Crippen MR) is 42.6 cm³/mol. The molecule has 0 radical (unpaired) electrons. The molecule has 0 aromatic heterocycles. The van der Waals surface area contributed by atoms with Gasteiger partial charge in [0.15, 0.2) is 0 Å². The van der Waals surface area contributed by atoms with Crippen molar-refractivity contribution in [2.75, 3.05) is 0 Å². The molecule has 0 saturated heterocycles. The summed E-state index contributed by atoms with van der Waals surface area (Å²) in [6, 6.07) is 0. The molecule has 0 bridgehead atoms. The quantitative estimate of drug-likeness (QED) is 0.319. The van der Waals surface area contributed by atoms with Crippen molar-refractivity contribution >= 4 is 22.6 Å². The molecular formula is C6F11I. The van der Waals surface area contributed by atoms with Gasteiger partial charge in [0.2, 0.25) is 0 Å². The summed E-state index contributed by atoms with van der Waals surface area (Å²) in [7, 11) is 0. The first-order valence-electron chi connectivity index (χ1n) is 3.77. The molecule has 0 heterocycles. The van der Waals surface area contributed by atoms with E-state index in [4.69, 9.17) is 0 Å². The second kappa shape index (κ2) is 3.34. The molecule has 0 N–H and O–H groups in total. The summed E-state index contributed by atoms with van der Waals surface area (Å²) in [5.41, 5.74) is 0. The van der Waals surface area contributed by atoms with E-state index in [1.165, 1.54) is 0 Å². The highest BCUT2D eigenvalue weighted by molar-refractivity contribution is 14.1. The first kappa shape index (κ1) is 16.0. The Morgan fingerprint density at radius 3 is 0.778 bits per heavy atom. The van der Waals surface area contributed by atoms with Crippen LogP contribution >= 0.6 is 22.6 Å². The van der Waals surface area contributed by atoms with Crippen LogP contribution < -0.4 is 0 Å². The van der Waals surface area contributed by atoms with E-state index >= 15 is 0 Å². The third-order valence-corrected chi connectivity index (χ3v) is 3.72. The maximum absolute atomic E-state index is 13.0. The van der Waals surface area contributed by atoms with Crippen molar-refractivity contribution in [3.8, 4) is 0 Å². The summed E-state index contributed by atoms with van der Waals surface area (Å²) in [5, 5.41) is 0. The smallest absolute Gasteiger partial charge is 0.218 e. The first-order chi connectivity index (χ1) is 7.50. The van der Waals surface area contributed by atoms with Crippen LogP contribution in [0.1, 0.15) is 0 Å². The van der Waals surface area contributed by atoms with Crippen LogP contribution in [0.4, 0.5) is 48.3 Å². The molecule has 18 heavy (non-hydrogen) atoms. The second-order valence-corrected chi connectivity index (χ2v) is 4.93. The predicted octanol–water partition coefficient (Wildman–Crippen LogP) is 4.28. The fourth-order valence-electron chi connectivity index (χ4n) is 1.18. The zero-order valence-corrected chi connectivity index (χ0v) is 9.69. The van der Waals surface area contributed by atoms with Crippen LogP contribution in [0, 0.1) is 0 Å². The Hall–Kier alpha value is -0.0400. The van der Waals surface area contributed by atoms with E-state index < -0.39 is 55.9 Å². The average Bonchev–Trinajstić information content (AvgIpc) is 2.14. The molecule has 0 nitrogen and oxygen atoms in total. The number of alkyl halides is 12. The molecule has 0 amide bonds. The molecule has 108 valence electrons. The first-order valence-corrected chi connectivity index (χ1v) is 4.85. The van der Waals surface area contributed by atoms with Crippen LogP contribution in [0.5, 0.6) is 0 Å². The summed E-state index contributed by atoms with van der Waals surface area (Å²) in [4.78, 5) is 0. The van der Waals surface area contributed by atoms with Gasteiger partial charge >= 0.3 is 29.6 Å². The Balaban J connectivity index is 3.72. The lowest BCUT2D eigenvalue weighted by Gasteiger charge is -2.50. The summed E-state index contributed by atoms with van der Waals surface area (Å²) in [6.45, 7) is 0. The van der Waals surface area contributed by atoms with E-state index in [0.29, 0.717) is 0 Å². The van der Waals surface area contributed by atoms with Gasteiger partial charge in [0.1, 0.15) is 0 Å². The molecule has 0 spiro atoms. The van der Waals surface area contributed by atoms with Gasteiger partial charge in [0.25, 0.3) is 3.68 Å². The van der Waals surface area contributed by atoms with Crippen molar-refractivity contribution in [1.82, 2.24) is 0 Å². The highest BCUT2D eigenvalue weighted by Crippen LogP contribution is 2.71. The molecule has 0 atom stereocenters. The lowest BCUT2D eigenvalue weighted by atomic mass is 9.81. The van der Waals surface area contributed by atoms with Gasteiger partial charge < -0.3 is 0 Å². The summed E-state index contributed by atoms with van der Waals surface area (Å²) in [5.74, 6) is -34.5. The van der Waals surface area contributed by atoms with Gasteiger partial charge in [-0.3, -0.25) is 0 Å². The largest absolute Gasteiger partial charge is 0.384 e. The minimum Gasteiger partial charge on any atom is -0.218 e. The van der Waals surface area contributed by atoms with Gasteiger partial charge in [0.05, 0.1) is 0 Å². The highest BCUT2D eigenvalue weighted by atomic mass is 127. The van der Waals surface area contributed by atoms with Gasteiger partial charge in [0, 0.05) is 0 Å². The number of halogens is 12. The Morgan fingerprint density at radius 1 is 0.389 bits per heavy atom. The minimum absolute atomic E-state index is 0.716. The van der Waals surface area contributed by atoms with Crippen LogP contribution in [0.2, 0.25) is 0 Å². The highest BCUT2D eigenvalue weighted by Gasteiger charge is 3.00. The Labute approximate surface area is 105 Å². The van der Waals surface area contributed by atoms with Crippen molar-refractivity contribution < 1.29 is 48.3 Å². The van der Waals surface area contributed by atoms with E-state index in [9.17, 15) is 48.3 Å². The van der Waals surface area contributed by atoms with Gasteiger partial charge in [-0.25, -0.2) is 4.39 Å². The number of hydrogen-bond acceptors (Lipinski definition) is 0. The Kier molecular flexibility index (Phi) is 2.97. The fraction of sp³-hybridized carbons (Fsp3) is 1.00. The monoisotopic (exact) mass is 408 g/mol. The molecule has 1 aliphatic rings. The normalized spacial score (nSPS) is 34.0. The molecule has 1 saturated carbocycles. The van der Waals surface area contributed by atoms with Crippen LogP contribution in [-0.2, 0) is 0 Å². The average molecular weight is 408 g/mol. The molecule has 0 aromatic rings. The molecular weight excluding hydrogens is 408 g/mol. The SMILES string of the molecule is FC1(F)C(F)(F)C(F)(F)C(F)(I)C(F)(F)C1(F)F. The van der Waals surface area contributed by atoms with Crippen molar-refractivity contribution in [3.63, 3.8) is 0 Å². The lowest BCUT2D eigenvalue weighted by molar-refractivity contribution is -0.465. The molecule has 0 unspecified atom stereocenters. The van der Waals surface area contributed by atoms with E-state index in [1.54, 1.807) is 0 Å². The summed E-state index contributed by atoms with van der Waals surface area (Å²) >= 11 is -0.716. The number of rotatable bonds is 0. The van der Waals surface area contributed by atoms with Crippen LogP contribution in [-0.4, -0.2) is 33.3 Å². The zero-order chi connectivity index (χ0) is 15.0. The van der Waals surface area contributed by atoms with Gasteiger partial charge in [-0.1, -0.05) is 0 Å². The Bertz CT molecular complexity index is 253. The summed E-state index contributed by atoms with van der Waals surface area (Å²) in [6.07, 6.45) is 0. The maximum atomic E-state index is 13.0. The standard InChI is InChI=1S/C6F11I/c7-1(8)2(9,10)4(13,14)6(17,18)5(15,16)3(1,11)12. The molecule has 1 fully saturated rings. The van der Waals surface area contributed by atoms with Crippen LogP contribution in [0.15, 0.2) is 0 Å². The molecule has 12 heteroatoms. The third-order valence-electron chi connectivity index (χ3n) is 2.37. The fourth-order valence-corrected chi connectivity index (χ4v) is 1.86. The van der Waals surface area contributed by atoms with Crippen molar-refractivity contribution in [2.45, 2.75) is 33.3 Å². The molecule has 1 rings (SSSR count). The molecule has 1 aliphatic carbocycles. The second-order valence-electron chi connectivity index (χ2n) is 3.45. The van der Waals surface area contributed by atoms with E-state index in [1.807, 2.05) is 0 Å². The van der Waals surface area contributed by atoms with E-state index in [0.717, 1.165) is 0 Å². The molecule has 0 aromatic carbocycles. The van der Waals surface area contributed by atoms with E-state index in [-0.39, 0.29) is 0 Å². The van der Waals surface area contributed by atoms with Crippen molar-refractivity contribution in [2.24, 2.45) is 0 Å². The van der Waals surface area contributed by atoms with Crippen molar-refractivity contribution in [3.05, 3.63) is 0 Å². The summed E-state index contributed by atoms with van der Waals surface area (Å²) < 4.78 is 133. The topological polar surface area (TPSA) is 0 Å². The van der Waals surface area contributed by atoms with Crippen LogP contribution in [0.25, 0.3) is 0 Å². The van der Waals surface area contributed by atoms with E-state index in [2.05, 4.69) is 0 Å². The zero-order valence-electron chi connectivity index (χ0n) is 7.54. The Morgan fingerprint density at radius 2 is 0.556 bits per heavy atom. The van der Waals surface area contributed by atoms with Crippen LogP contribution in [0.3, 0.4) is 0 Å². The lowest BCUT2D eigenvalue weighted by Crippen LogP contribution is -2.81. The maximum Gasteiger partial charge on any atom is 0.384 e.